The molecule has 0 bridgehead atoms. The van der Waals surface area contributed by atoms with Crippen molar-refractivity contribution in [3.63, 3.8) is 0 Å². The molecule has 0 spiro atoms. The van der Waals surface area contributed by atoms with Crippen LogP contribution < -0.4 is 10.6 Å². The van der Waals surface area contributed by atoms with E-state index in [9.17, 15) is 14.0 Å². The number of benzene rings is 1. The minimum atomic E-state index is -0.672. The van der Waals surface area contributed by atoms with E-state index in [1.54, 1.807) is 39.8 Å². The minimum Gasteiger partial charge on any atom is -0.344 e. The molecule has 2 amide bonds. The van der Waals surface area contributed by atoms with Crippen molar-refractivity contribution in [2.45, 2.75) is 39.8 Å². The number of amides is 2. The summed E-state index contributed by atoms with van der Waals surface area (Å²) in [4.78, 5) is 25.6. The average Bonchev–Trinajstić information content (AvgIpc) is 3.06. The van der Waals surface area contributed by atoms with E-state index in [-0.39, 0.29) is 23.7 Å². The zero-order chi connectivity index (χ0) is 18.6. The van der Waals surface area contributed by atoms with E-state index < -0.39 is 11.5 Å². The standard InChI is InChI=1S/C19H23FN2O2S/c1-12(21-18(24)19(2,3)4)17(23)22-16(15-6-5-11-25-15)13-7-9-14(20)10-8-13/h5-12,16H,1-4H3,(H,21,24)(H,22,23). The summed E-state index contributed by atoms with van der Waals surface area (Å²) in [6.45, 7) is 7.02. The number of carbonyl (C=O) groups excluding carboxylic acids is 2. The van der Waals surface area contributed by atoms with Gasteiger partial charge >= 0.3 is 0 Å². The molecule has 0 aliphatic heterocycles. The molecule has 0 saturated carbocycles. The molecule has 2 rings (SSSR count). The summed E-state index contributed by atoms with van der Waals surface area (Å²) < 4.78 is 13.2. The number of hydrogen-bond acceptors (Lipinski definition) is 3. The van der Waals surface area contributed by atoms with Crippen molar-refractivity contribution in [2.75, 3.05) is 0 Å². The summed E-state index contributed by atoms with van der Waals surface area (Å²) in [5.41, 5.74) is 0.213. The van der Waals surface area contributed by atoms with E-state index in [0.717, 1.165) is 10.4 Å². The largest absolute Gasteiger partial charge is 0.344 e. The Bertz CT molecular complexity index is 721. The predicted octanol–water partition coefficient (Wildman–Crippen LogP) is 3.64. The molecule has 2 N–H and O–H groups in total. The van der Waals surface area contributed by atoms with Crippen LogP contribution >= 0.6 is 11.3 Å². The zero-order valence-corrected chi connectivity index (χ0v) is 15.6. The first kappa shape index (κ1) is 19.1. The Balaban J connectivity index is 2.15. The van der Waals surface area contributed by atoms with E-state index in [2.05, 4.69) is 10.6 Å². The number of carbonyl (C=O) groups is 2. The highest BCUT2D eigenvalue weighted by Crippen LogP contribution is 2.26. The van der Waals surface area contributed by atoms with Crippen LogP contribution in [-0.2, 0) is 9.59 Å². The molecule has 1 heterocycles. The molecule has 0 saturated heterocycles. The van der Waals surface area contributed by atoms with Crippen LogP contribution in [0.25, 0.3) is 0 Å². The van der Waals surface area contributed by atoms with E-state index >= 15 is 0 Å². The van der Waals surface area contributed by atoms with Gasteiger partial charge in [0.15, 0.2) is 0 Å². The van der Waals surface area contributed by atoms with Gasteiger partial charge in [-0.25, -0.2) is 4.39 Å². The third kappa shape index (κ3) is 5.13. The molecule has 134 valence electrons. The summed E-state index contributed by atoms with van der Waals surface area (Å²) >= 11 is 1.51. The lowest BCUT2D eigenvalue weighted by Crippen LogP contribution is -2.49. The van der Waals surface area contributed by atoms with Gasteiger partial charge in [0.1, 0.15) is 11.9 Å². The van der Waals surface area contributed by atoms with Gasteiger partial charge in [-0.3, -0.25) is 9.59 Å². The molecular weight excluding hydrogens is 339 g/mol. The Morgan fingerprint density at radius 1 is 1.08 bits per heavy atom. The molecule has 2 aromatic rings. The first-order valence-corrected chi connectivity index (χ1v) is 8.96. The fraction of sp³-hybridized carbons (Fsp3) is 0.368. The van der Waals surface area contributed by atoms with E-state index in [1.807, 2.05) is 17.5 Å². The molecule has 4 nitrogen and oxygen atoms in total. The van der Waals surface area contributed by atoms with Gasteiger partial charge in [-0.05, 0) is 36.1 Å². The van der Waals surface area contributed by atoms with Gasteiger partial charge in [-0.2, -0.15) is 0 Å². The summed E-state index contributed by atoms with van der Waals surface area (Å²) in [7, 11) is 0. The van der Waals surface area contributed by atoms with E-state index in [0.29, 0.717) is 0 Å². The van der Waals surface area contributed by atoms with Crippen LogP contribution in [0.15, 0.2) is 41.8 Å². The molecule has 1 aromatic carbocycles. The van der Waals surface area contributed by atoms with Crippen molar-refractivity contribution in [2.24, 2.45) is 5.41 Å². The van der Waals surface area contributed by atoms with Gasteiger partial charge in [0.2, 0.25) is 11.8 Å². The van der Waals surface area contributed by atoms with Crippen molar-refractivity contribution >= 4 is 23.2 Å². The highest BCUT2D eigenvalue weighted by atomic mass is 32.1. The Morgan fingerprint density at radius 2 is 1.72 bits per heavy atom. The van der Waals surface area contributed by atoms with Gasteiger partial charge in [-0.15, -0.1) is 11.3 Å². The molecule has 0 aliphatic rings. The van der Waals surface area contributed by atoms with E-state index in [4.69, 9.17) is 0 Å². The Hall–Kier alpha value is -2.21. The highest BCUT2D eigenvalue weighted by molar-refractivity contribution is 7.10. The summed E-state index contributed by atoms with van der Waals surface area (Å²) in [6.07, 6.45) is 0. The monoisotopic (exact) mass is 362 g/mol. The topological polar surface area (TPSA) is 58.2 Å². The van der Waals surface area contributed by atoms with Gasteiger partial charge in [0.25, 0.3) is 0 Å². The smallest absolute Gasteiger partial charge is 0.243 e. The van der Waals surface area contributed by atoms with Crippen molar-refractivity contribution in [3.05, 3.63) is 58.0 Å². The normalized spacial score (nSPS) is 13.8. The lowest BCUT2D eigenvalue weighted by Gasteiger charge is -2.24. The molecule has 0 fully saturated rings. The van der Waals surface area contributed by atoms with E-state index in [1.165, 1.54) is 23.5 Å². The maximum atomic E-state index is 13.2. The van der Waals surface area contributed by atoms with Crippen LogP contribution in [0.2, 0.25) is 0 Å². The molecule has 2 unspecified atom stereocenters. The Morgan fingerprint density at radius 3 is 2.24 bits per heavy atom. The summed E-state index contributed by atoms with van der Waals surface area (Å²) in [6, 6.07) is 8.79. The quantitative estimate of drug-likeness (QED) is 0.853. The molecule has 2 atom stereocenters. The number of rotatable bonds is 5. The van der Waals surface area contributed by atoms with Crippen LogP contribution in [0.3, 0.4) is 0 Å². The maximum Gasteiger partial charge on any atom is 0.243 e. The van der Waals surface area contributed by atoms with Crippen molar-refractivity contribution in [1.82, 2.24) is 10.6 Å². The maximum absolute atomic E-state index is 13.2. The second kappa shape index (κ2) is 7.78. The number of hydrogen-bond donors (Lipinski definition) is 2. The summed E-state index contributed by atoms with van der Waals surface area (Å²) in [5, 5.41) is 7.59. The van der Waals surface area contributed by atoms with Crippen LogP contribution in [0, 0.1) is 11.2 Å². The van der Waals surface area contributed by atoms with Crippen molar-refractivity contribution in [1.29, 1.82) is 0 Å². The highest BCUT2D eigenvalue weighted by Gasteiger charge is 2.27. The number of nitrogens with one attached hydrogen (secondary N) is 2. The first-order chi connectivity index (χ1) is 11.7. The third-order valence-electron chi connectivity index (χ3n) is 3.74. The fourth-order valence-electron chi connectivity index (χ4n) is 2.18. The second-order valence-corrected chi connectivity index (χ2v) is 7.93. The Kier molecular flexibility index (Phi) is 5.95. The van der Waals surface area contributed by atoms with Crippen LogP contribution in [0.5, 0.6) is 0 Å². The van der Waals surface area contributed by atoms with Gasteiger partial charge in [-0.1, -0.05) is 39.0 Å². The minimum absolute atomic E-state index is 0.190. The molecule has 1 aromatic heterocycles. The van der Waals surface area contributed by atoms with Crippen molar-refractivity contribution in [3.8, 4) is 0 Å². The lowest BCUT2D eigenvalue weighted by molar-refractivity contribution is -0.133. The van der Waals surface area contributed by atoms with Crippen LogP contribution in [0.4, 0.5) is 4.39 Å². The van der Waals surface area contributed by atoms with Gasteiger partial charge < -0.3 is 10.6 Å². The fourth-order valence-corrected chi connectivity index (χ4v) is 2.98. The SMILES string of the molecule is CC(NC(=O)C(C)(C)C)C(=O)NC(c1ccc(F)cc1)c1cccs1. The van der Waals surface area contributed by atoms with Crippen LogP contribution in [0.1, 0.15) is 44.2 Å². The Labute approximate surface area is 151 Å². The second-order valence-electron chi connectivity index (χ2n) is 6.95. The predicted molar refractivity (Wildman–Crippen MR) is 97.8 cm³/mol. The van der Waals surface area contributed by atoms with Crippen molar-refractivity contribution < 1.29 is 14.0 Å². The first-order valence-electron chi connectivity index (χ1n) is 8.08. The van der Waals surface area contributed by atoms with Crippen LogP contribution in [-0.4, -0.2) is 17.9 Å². The number of halogens is 1. The molecular formula is C19H23FN2O2S. The molecule has 0 aliphatic carbocycles. The molecule has 6 heteroatoms. The zero-order valence-electron chi connectivity index (χ0n) is 14.8. The third-order valence-corrected chi connectivity index (χ3v) is 4.68. The van der Waals surface area contributed by atoms with Gasteiger partial charge in [0.05, 0.1) is 6.04 Å². The molecule has 0 radical (unpaired) electrons. The molecule has 25 heavy (non-hydrogen) atoms. The summed E-state index contributed by atoms with van der Waals surface area (Å²) in [5.74, 6) is -0.809. The number of thiophene rings is 1. The average molecular weight is 362 g/mol. The lowest BCUT2D eigenvalue weighted by atomic mass is 9.95. The van der Waals surface area contributed by atoms with Gasteiger partial charge in [0, 0.05) is 10.3 Å².